The zero-order valence-corrected chi connectivity index (χ0v) is 12.4. The Hall–Kier alpha value is -0.800. The van der Waals surface area contributed by atoms with E-state index in [1.807, 2.05) is 13.0 Å². The normalized spacial score (nSPS) is 15.3. The molecule has 0 saturated carbocycles. The number of nitrogens with two attached hydrogens (primary N) is 1. The minimum atomic E-state index is 0.115. The molecular weight excluding hydrogens is 224 g/mol. The highest BCUT2D eigenvalue weighted by molar-refractivity contribution is 5.12. The molecule has 0 amide bonds. The molecule has 0 spiro atoms. The highest BCUT2D eigenvalue weighted by atomic mass is 16.3. The lowest BCUT2D eigenvalue weighted by Crippen LogP contribution is -2.44. The summed E-state index contributed by atoms with van der Waals surface area (Å²) in [5.41, 5.74) is 6.33. The first kappa shape index (κ1) is 15.3. The second kappa shape index (κ2) is 6.95. The lowest BCUT2D eigenvalue weighted by molar-refractivity contribution is 0.112. The first-order chi connectivity index (χ1) is 8.51. The first-order valence-electron chi connectivity index (χ1n) is 7.08. The third-order valence-electron chi connectivity index (χ3n) is 3.43. The van der Waals surface area contributed by atoms with Crippen molar-refractivity contribution < 1.29 is 4.42 Å². The predicted molar refractivity (Wildman–Crippen MR) is 76.6 cm³/mol. The van der Waals surface area contributed by atoms with Crippen molar-refractivity contribution in [2.24, 2.45) is 5.73 Å². The fraction of sp³-hybridized carbons (Fsp3) is 0.733. The van der Waals surface area contributed by atoms with Gasteiger partial charge in [0.15, 0.2) is 0 Å². The molecule has 1 rings (SSSR count). The molecule has 3 heteroatoms. The van der Waals surface area contributed by atoms with Gasteiger partial charge in [0.2, 0.25) is 0 Å². The van der Waals surface area contributed by atoms with Gasteiger partial charge in [-0.25, -0.2) is 0 Å². The molecule has 3 nitrogen and oxygen atoms in total. The van der Waals surface area contributed by atoms with Crippen molar-refractivity contribution in [1.29, 1.82) is 0 Å². The Morgan fingerprint density at radius 3 is 2.33 bits per heavy atom. The van der Waals surface area contributed by atoms with Crippen LogP contribution in [-0.4, -0.2) is 23.5 Å². The molecule has 0 bridgehead atoms. The molecular formula is C15H28N2O. The standard InChI is InChI=1S/C15H28N2O/c1-6-10-17(11(3)4)15(13(16)7-2)14-9-8-12(5)18-14/h8-9,11,13,15H,6-7,10,16H2,1-5H3. The van der Waals surface area contributed by atoms with Crippen LogP contribution in [0.25, 0.3) is 0 Å². The van der Waals surface area contributed by atoms with Crippen LogP contribution in [0, 0.1) is 6.92 Å². The number of hydrogen-bond donors (Lipinski definition) is 1. The quantitative estimate of drug-likeness (QED) is 0.807. The van der Waals surface area contributed by atoms with Gasteiger partial charge in [-0.3, -0.25) is 4.90 Å². The number of rotatable bonds is 7. The van der Waals surface area contributed by atoms with Crippen LogP contribution in [0.3, 0.4) is 0 Å². The van der Waals surface area contributed by atoms with Crippen LogP contribution in [0.15, 0.2) is 16.5 Å². The largest absolute Gasteiger partial charge is 0.465 e. The molecule has 104 valence electrons. The van der Waals surface area contributed by atoms with Crippen LogP contribution < -0.4 is 5.73 Å². The van der Waals surface area contributed by atoms with Crippen molar-refractivity contribution in [2.45, 2.75) is 65.6 Å². The summed E-state index contributed by atoms with van der Waals surface area (Å²) in [4.78, 5) is 2.45. The Morgan fingerprint density at radius 2 is 1.94 bits per heavy atom. The van der Waals surface area contributed by atoms with Crippen molar-refractivity contribution in [1.82, 2.24) is 4.90 Å². The van der Waals surface area contributed by atoms with Crippen LogP contribution >= 0.6 is 0 Å². The summed E-state index contributed by atoms with van der Waals surface area (Å²) in [6.45, 7) is 11.8. The van der Waals surface area contributed by atoms with Crippen LogP contribution in [0.4, 0.5) is 0 Å². The molecule has 1 aromatic heterocycles. The third kappa shape index (κ3) is 3.59. The molecule has 18 heavy (non-hydrogen) atoms. The van der Waals surface area contributed by atoms with Gasteiger partial charge >= 0.3 is 0 Å². The van der Waals surface area contributed by atoms with Crippen molar-refractivity contribution >= 4 is 0 Å². The maximum atomic E-state index is 6.33. The van der Waals surface area contributed by atoms with E-state index >= 15 is 0 Å². The van der Waals surface area contributed by atoms with Crippen LogP contribution in [0.2, 0.25) is 0 Å². The molecule has 0 aromatic carbocycles. The molecule has 2 N–H and O–H groups in total. The van der Waals surface area contributed by atoms with E-state index < -0.39 is 0 Å². The summed E-state index contributed by atoms with van der Waals surface area (Å²) in [7, 11) is 0. The maximum Gasteiger partial charge on any atom is 0.122 e. The Morgan fingerprint density at radius 1 is 1.28 bits per heavy atom. The van der Waals surface area contributed by atoms with E-state index in [2.05, 4.69) is 38.7 Å². The Balaban J connectivity index is 3.02. The molecule has 0 aliphatic rings. The van der Waals surface area contributed by atoms with Crippen molar-refractivity contribution in [3.8, 4) is 0 Å². The average molecular weight is 252 g/mol. The molecule has 2 unspecified atom stereocenters. The second-order valence-corrected chi connectivity index (χ2v) is 5.30. The molecule has 1 heterocycles. The van der Waals surface area contributed by atoms with Gasteiger partial charge in [-0.05, 0) is 52.3 Å². The topological polar surface area (TPSA) is 42.4 Å². The van der Waals surface area contributed by atoms with E-state index in [4.69, 9.17) is 10.2 Å². The summed E-state index contributed by atoms with van der Waals surface area (Å²) >= 11 is 0. The van der Waals surface area contributed by atoms with Gasteiger partial charge in [0, 0.05) is 12.1 Å². The molecule has 0 radical (unpaired) electrons. The first-order valence-corrected chi connectivity index (χ1v) is 7.08. The summed E-state index contributed by atoms with van der Waals surface area (Å²) < 4.78 is 5.82. The van der Waals surface area contributed by atoms with Gasteiger partial charge < -0.3 is 10.2 Å². The molecule has 0 aliphatic heterocycles. The number of hydrogen-bond acceptors (Lipinski definition) is 3. The van der Waals surface area contributed by atoms with Crippen LogP contribution in [0.1, 0.15) is 58.1 Å². The summed E-state index contributed by atoms with van der Waals surface area (Å²) in [5.74, 6) is 1.96. The maximum absolute atomic E-state index is 6.33. The predicted octanol–water partition coefficient (Wildman–Crippen LogP) is 3.49. The van der Waals surface area contributed by atoms with Gasteiger partial charge in [-0.15, -0.1) is 0 Å². The fourth-order valence-corrected chi connectivity index (χ4v) is 2.43. The van der Waals surface area contributed by atoms with Crippen LogP contribution in [0.5, 0.6) is 0 Å². The highest BCUT2D eigenvalue weighted by Gasteiger charge is 2.29. The summed E-state index contributed by atoms with van der Waals surface area (Å²) in [5, 5.41) is 0. The molecule has 0 fully saturated rings. The van der Waals surface area contributed by atoms with E-state index in [9.17, 15) is 0 Å². The van der Waals surface area contributed by atoms with Gasteiger partial charge in [0.25, 0.3) is 0 Å². The van der Waals surface area contributed by atoms with Crippen molar-refractivity contribution in [3.63, 3.8) is 0 Å². The van der Waals surface area contributed by atoms with E-state index in [0.29, 0.717) is 6.04 Å². The zero-order chi connectivity index (χ0) is 13.7. The SMILES string of the molecule is CCCN(C(C)C)C(c1ccc(C)o1)C(N)CC. The van der Waals surface area contributed by atoms with E-state index in [1.165, 1.54) is 0 Å². The lowest BCUT2D eigenvalue weighted by Gasteiger charge is -2.36. The van der Waals surface area contributed by atoms with Gasteiger partial charge in [-0.2, -0.15) is 0 Å². The molecule has 0 saturated heterocycles. The Kier molecular flexibility index (Phi) is 5.89. The number of aryl methyl sites for hydroxylation is 1. The number of nitrogens with zero attached hydrogens (tertiary/aromatic N) is 1. The minimum absolute atomic E-state index is 0.115. The number of furan rings is 1. The van der Waals surface area contributed by atoms with Crippen molar-refractivity contribution in [2.75, 3.05) is 6.54 Å². The molecule has 1 aromatic rings. The highest BCUT2D eigenvalue weighted by Crippen LogP contribution is 2.28. The monoisotopic (exact) mass is 252 g/mol. The average Bonchev–Trinajstić information content (AvgIpc) is 2.74. The van der Waals surface area contributed by atoms with E-state index in [-0.39, 0.29) is 12.1 Å². The van der Waals surface area contributed by atoms with E-state index in [1.54, 1.807) is 0 Å². The Bertz CT molecular complexity index is 346. The summed E-state index contributed by atoms with van der Waals surface area (Å²) in [6, 6.07) is 4.86. The van der Waals surface area contributed by atoms with E-state index in [0.717, 1.165) is 30.9 Å². The van der Waals surface area contributed by atoms with Crippen LogP contribution in [-0.2, 0) is 0 Å². The molecule has 0 aliphatic carbocycles. The summed E-state index contributed by atoms with van der Waals surface area (Å²) in [6.07, 6.45) is 2.09. The second-order valence-electron chi connectivity index (χ2n) is 5.30. The van der Waals surface area contributed by atoms with Gasteiger partial charge in [0.1, 0.15) is 11.5 Å². The van der Waals surface area contributed by atoms with Crippen molar-refractivity contribution in [3.05, 3.63) is 23.7 Å². The zero-order valence-electron chi connectivity index (χ0n) is 12.4. The lowest BCUT2D eigenvalue weighted by atomic mass is 10.0. The minimum Gasteiger partial charge on any atom is -0.465 e. The fourth-order valence-electron chi connectivity index (χ4n) is 2.43. The Labute approximate surface area is 111 Å². The van der Waals surface area contributed by atoms with Gasteiger partial charge in [-0.1, -0.05) is 13.8 Å². The molecule has 2 atom stereocenters. The smallest absolute Gasteiger partial charge is 0.122 e. The van der Waals surface area contributed by atoms with Gasteiger partial charge in [0.05, 0.1) is 6.04 Å². The third-order valence-corrected chi connectivity index (χ3v) is 3.43.